The van der Waals surface area contributed by atoms with Crippen LogP contribution in [0.4, 0.5) is 0 Å². The molecule has 94 valence electrons. The van der Waals surface area contributed by atoms with Crippen LogP contribution in [0.15, 0.2) is 0 Å². The standard InChI is InChI=1S/C12H23NO3/c1-11(2,16)7-9-13-8-5-4-6-12(13,3)10(14)15/h16H,4-9H2,1-3H3,(H,14,15). The predicted molar refractivity (Wildman–Crippen MR) is 62.4 cm³/mol. The molecule has 0 radical (unpaired) electrons. The van der Waals surface area contributed by atoms with Crippen LogP contribution in [-0.4, -0.2) is 45.3 Å². The monoisotopic (exact) mass is 229 g/mol. The van der Waals surface area contributed by atoms with Crippen LogP contribution in [0.2, 0.25) is 0 Å². The van der Waals surface area contributed by atoms with Crippen LogP contribution in [0.1, 0.15) is 46.5 Å². The van der Waals surface area contributed by atoms with E-state index in [1.165, 1.54) is 0 Å². The largest absolute Gasteiger partial charge is 0.480 e. The highest BCUT2D eigenvalue weighted by Gasteiger charge is 2.41. The second kappa shape index (κ2) is 4.72. The first kappa shape index (κ1) is 13.5. The van der Waals surface area contributed by atoms with Gasteiger partial charge < -0.3 is 10.2 Å². The Balaban J connectivity index is 2.64. The summed E-state index contributed by atoms with van der Waals surface area (Å²) in [6.45, 7) is 6.77. The minimum Gasteiger partial charge on any atom is -0.480 e. The van der Waals surface area contributed by atoms with Crippen molar-refractivity contribution in [2.24, 2.45) is 0 Å². The Morgan fingerprint density at radius 1 is 1.44 bits per heavy atom. The minimum atomic E-state index is -0.747. The summed E-state index contributed by atoms with van der Waals surface area (Å²) in [5, 5.41) is 19.0. The van der Waals surface area contributed by atoms with E-state index in [1.54, 1.807) is 20.8 Å². The van der Waals surface area contributed by atoms with Crippen LogP contribution in [0.5, 0.6) is 0 Å². The number of likely N-dealkylation sites (tertiary alicyclic amines) is 1. The maximum absolute atomic E-state index is 11.3. The van der Waals surface area contributed by atoms with Gasteiger partial charge in [-0.2, -0.15) is 0 Å². The van der Waals surface area contributed by atoms with Crippen molar-refractivity contribution >= 4 is 5.97 Å². The van der Waals surface area contributed by atoms with E-state index in [0.717, 1.165) is 19.4 Å². The van der Waals surface area contributed by atoms with E-state index in [-0.39, 0.29) is 0 Å². The van der Waals surface area contributed by atoms with E-state index in [2.05, 4.69) is 0 Å². The number of aliphatic carboxylic acids is 1. The second-order valence-corrected chi connectivity index (χ2v) is 5.59. The topological polar surface area (TPSA) is 60.8 Å². The molecule has 16 heavy (non-hydrogen) atoms. The highest BCUT2D eigenvalue weighted by molar-refractivity contribution is 5.78. The fourth-order valence-corrected chi connectivity index (χ4v) is 2.19. The van der Waals surface area contributed by atoms with Crippen LogP contribution >= 0.6 is 0 Å². The molecule has 0 saturated carbocycles. The lowest BCUT2D eigenvalue weighted by Crippen LogP contribution is -2.55. The smallest absolute Gasteiger partial charge is 0.323 e. The molecule has 0 spiro atoms. The molecule has 0 amide bonds. The molecule has 1 aliphatic heterocycles. The van der Waals surface area contributed by atoms with Crippen molar-refractivity contribution < 1.29 is 15.0 Å². The summed E-state index contributed by atoms with van der Waals surface area (Å²) in [5.41, 5.74) is -1.47. The Kier molecular flexibility index (Phi) is 3.97. The van der Waals surface area contributed by atoms with E-state index in [9.17, 15) is 15.0 Å². The van der Waals surface area contributed by atoms with Gasteiger partial charge >= 0.3 is 5.97 Å². The van der Waals surface area contributed by atoms with Crippen LogP contribution < -0.4 is 0 Å². The zero-order valence-electron chi connectivity index (χ0n) is 10.5. The van der Waals surface area contributed by atoms with Crippen molar-refractivity contribution in [2.45, 2.75) is 57.6 Å². The molecule has 0 bridgehead atoms. The van der Waals surface area contributed by atoms with Crippen LogP contribution in [0.3, 0.4) is 0 Å². The van der Waals surface area contributed by atoms with Crippen LogP contribution in [-0.2, 0) is 4.79 Å². The zero-order chi connectivity index (χ0) is 12.4. The van der Waals surface area contributed by atoms with E-state index in [1.807, 2.05) is 4.90 Å². The van der Waals surface area contributed by atoms with Crippen LogP contribution in [0.25, 0.3) is 0 Å². The van der Waals surface area contributed by atoms with Gasteiger partial charge in [-0.1, -0.05) is 0 Å². The third-order valence-corrected chi connectivity index (χ3v) is 3.49. The number of piperidine rings is 1. The molecular weight excluding hydrogens is 206 g/mol. The molecule has 1 saturated heterocycles. The van der Waals surface area contributed by atoms with Gasteiger partial charge in [-0.25, -0.2) is 0 Å². The molecule has 4 heteroatoms. The maximum Gasteiger partial charge on any atom is 0.323 e. The molecule has 0 aromatic carbocycles. The first-order valence-electron chi connectivity index (χ1n) is 5.96. The van der Waals surface area contributed by atoms with Gasteiger partial charge in [0.2, 0.25) is 0 Å². The Morgan fingerprint density at radius 3 is 2.56 bits per heavy atom. The maximum atomic E-state index is 11.3. The SMILES string of the molecule is CC(C)(O)CCN1CCCCC1(C)C(=O)O. The molecular formula is C12H23NO3. The number of carbonyl (C=O) groups is 1. The fourth-order valence-electron chi connectivity index (χ4n) is 2.19. The van der Waals surface area contributed by atoms with E-state index in [0.29, 0.717) is 19.4 Å². The number of rotatable bonds is 4. The van der Waals surface area contributed by atoms with E-state index in [4.69, 9.17) is 0 Å². The highest BCUT2D eigenvalue weighted by atomic mass is 16.4. The molecule has 1 heterocycles. The molecule has 0 aromatic heterocycles. The molecule has 0 aromatic rings. The summed E-state index contributed by atoms with van der Waals surface area (Å²) < 4.78 is 0. The van der Waals surface area contributed by atoms with Crippen molar-refractivity contribution in [1.82, 2.24) is 4.90 Å². The zero-order valence-corrected chi connectivity index (χ0v) is 10.5. The number of aliphatic hydroxyl groups is 1. The van der Waals surface area contributed by atoms with Crippen molar-refractivity contribution in [3.8, 4) is 0 Å². The van der Waals surface area contributed by atoms with Gasteiger partial charge in [0.1, 0.15) is 5.54 Å². The number of carboxylic acid groups (broad SMARTS) is 1. The minimum absolute atomic E-state index is 0.607. The van der Waals surface area contributed by atoms with E-state index < -0.39 is 17.1 Å². The van der Waals surface area contributed by atoms with Gasteiger partial charge in [0.05, 0.1) is 5.60 Å². The summed E-state index contributed by atoms with van der Waals surface area (Å²) >= 11 is 0. The van der Waals surface area contributed by atoms with E-state index >= 15 is 0 Å². The molecule has 1 atom stereocenters. The molecule has 2 N–H and O–H groups in total. The van der Waals surface area contributed by atoms with Gasteiger partial charge in [0.25, 0.3) is 0 Å². The lowest BCUT2D eigenvalue weighted by atomic mass is 9.87. The summed E-state index contributed by atoms with van der Waals surface area (Å²) in [5.74, 6) is -0.747. The fraction of sp³-hybridized carbons (Fsp3) is 0.917. The van der Waals surface area contributed by atoms with Crippen molar-refractivity contribution in [3.63, 3.8) is 0 Å². The predicted octanol–water partition coefficient (Wildman–Crippen LogP) is 1.48. The summed E-state index contributed by atoms with van der Waals surface area (Å²) in [4.78, 5) is 13.3. The summed E-state index contributed by atoms with van der Waals surface area (Å²) in [6.07, 6.45) is 3.33. The second-order valence-electron chi connectivity index (χ2n) is 5.59. The molecule has 1 fully saturated rings. The van der Waals surface area contributed by atoms with Gasteiger partial charge in [-0.3, -0.25) is 9.69 Å². The lowest BCUT2D eigenvalue weighted by molar-refractivity contribution is -0.153. The van der Waals surface area contributed by atoms with Gasteiger partial charge in [0.15, 0.2) is 0 Å². The quantitative estimate of drug-likeness (QED) is 0.766. The molecule has 0 aliphatic carbocycles. The Morgan fingerprint density at radius 2 is 2.06 bits per heavy atom. The first-order valence-corrected chi connectivity index (χ1v) is 5.96. The Hall–Kier alpha value is -0.610. The van der Waals surface area contributed by atoms with Crippen molar-refractivity contribution in [2.75, 3.05) is 13.1 Å². The number of hydrogen-bond donors (Lipinski definition) is 2. The van der Waals surface area contributed by atoms with Gasteiger partial charge in [-0.05, 0) is 53.0 Å². The summed E-state index contributed by atoms with van der Waals surface area (Å²) in [6, 6.07) is 0. The van der Waals surface area contributed by atoms with Crippen LogP contribution in [0, 0.1) is 0 Å². The van der Waals surface area contributed by atoms with Gasteiger partial charge in [0, 0.05) is 6.54 Å². The third kappa shape index (κ3) is 3.19. The average Bonchev–Trinajstić information content (AvgIpc) is 2.15. The molecule has 1 rings (SSSR count). The van der Waals surface area contributed by atoms with Crippen molar-refractivity contribution in [1.29, 1.82) is 0 Å². The Bertz CT molecular complexity index is 259. The molecule has 1 aliphatic rings. The molecule has 1 unspecified atom stereocenters. The normalized spacial score (nSPS) is 28.0. The average molecular weight is 229 g/mol. The first-order chi connectivity index (χ1) is 7.26. The summed E-state index contributed by atoms with van der Waals surface area (Å²) in [7, 11) is 0. The lowest BCUT2D eigenvalue weighted by Gasteiger charge is -2.42. The number of hydrogen-bond acceptors (Lipinski definition) is 3. The van der Waals surface area contributed by atoms with Crippen molar-refractivity contribution in [3.05, 3.63) is 0 Å². The Labute approximate surface area is 97.3 Å². The third-order valence-electron chi connectivity index (χ3n) is 3.49. The highest BCUT2D eigenvalue weighted by Crippen LogP contribution is 2.29. The number of carboxylic acids is 1. The molecule has 4 nitrogen and oxygen atoms in total. The number of nitrogens with zero attached hydrogens (tertiary/aromatic N) is 1. The van der Waals surface area contributed by atoms with Gasteiger partial charge in [-0.15, -0.1) is 0 Å².